The normalized spacial score (nSPS) is 12.2. The number of nitrogens with zero attached hydrogens (tertiary/aromatic N) is 2. The molecule has 0 spiro atoms. The van der Waals surface area contributed by atoms with Gasteiger partial charge >= 0.3 is 0 Å². The van der Waals surface area contributed by atoms with Gasteiger partial charge in [0.1, 0.15) is 30.6 Å². The summed E-state index contributed by atoms with van der Waals surface area (Å²) in [4.78, 5) is 8.27. The third-order valence-corrected chi connectivity index (χ3v) is 3.67. The van der Waals surface area contributed by atoms with Gasteiger partial charge < -0.3 is 15.2 Å². The highest BCUT2D eigenvalue weighted by molar-refractivity contribution is 6.31. The lowest BCUT2D eigenvalue weighted by atomic mass is 10.2. The van der Waals surface area contributed by atoms with Crippen molar-refractivity contribution in [1.29, 1.82) is 0 Å². The molecule has 0 fully saturated rings. The smallest absolute Gasteiger partial charge is 0.162 e. The third kappa shape index (κ3) is 4.32. The Morgan fingerprint density at radius 3 is 2.76 bits per heavy atom. The van der Waals surface area contributed by atoms with Crippen LogP contribution in [0.15, 0.2) is 42.7 Å². The van der Waals surface area contributed by atoms with E-state index < -0.39 is 17.7 Å². The van der Waals surface area contributed by atoms with Crippen molar-refractivity contribution in [3.8, 4) is 5.75 Å². The van der Waals surface area contributed by atoms with Crippen LogP contribution in [0.5, 0.6) is 5.75 Å². The van der Waals surface area contributed by atoms with Crippen molar-refractivity contribution in [2.75, 3.05) is 18.5 Å². The van der Waals surface area contributed by atoms with Gasteiger partial charge in [-0.05, 0) is 30.3 Å². The molecule has 0 aliphatic carbocycles. The van der Waals surface area contributed by atoms with Crippen LogP contribution in [0.1, 0.15) is 0 Å². The van der Waals surface area contributed by atoms with E-state index in [-0.39, 0.29) is 18.9 Å². The van der Waals surface area contributed by atoms with Crippen LogP contribution in [-0.4, -0.2) is 34.3 Å². The van der Waals surface area contributed by atoms with Crippen molar-refractivity contribution in [2.45, 2.75) is 6.10 Å². The van der Waals surface area contributed by atoms with Gasteiger partial charge in [0.25, 0.3) is 0 Å². The molecular weight excluding hydrogens is 352 g/mol. The maximum Gasteiger partial charge on any atom is 0.162 e. The quantitative estimate of drug-likeness (QED) is 0.700. The summed E-state index contributed by atoms with van der Waals surface area (Å²) in [6.45, 7) is 0.0608. The Hall–Kier alpha value is -2.51. The van der Waals surface area contributed by atoms with E-state index >= 15 is 0 Å². The number of anilines is 1. The number of aromatic nitrogens is 2. The summed E-state index contributed by atoms with van der Waals surface area (Å²) < 4.78 is 31.2. The van der Waals surface area contributed by atoms with Crippen LogP contribution < -0.4 is 10.1 Å². The minimum Gasteiger partial charge on any atom is -0.491 e. The van der Waals surface area contributed by atoms with Crippen molar-refractivity contribution < 1.29 is 18.6 Å². The molecule has 2 aromatic carbocycles. The molecular formula is C17H14ClF2N3O2. The maximum atomic E-state index is 13.1. The third-order valence-electron chi connectivity index (χ3n) is 3.44. The first-order chi connectivity index (χ1) is 12.0. The molecule has 2 N–H and O–H groups in total. The number of nitrogens with one attached hydrogen (secondary N) is 1. The predicted molar refractivity (Wildman–Crippen MR) is 90.9 cm³/mol. The number of ether oxygens (including phenoxy) is 1. The van der Waals surface area contributed by atoms with Gasteiger partial charge in [-0.2, -0.15) is 0 Å². The van der Waals surface area contributed by atoms with Crippen molar-refractivity contribution in [3.63, 3.8) is 0 Å². The highest BCUT2D eigenvalue weighted by Crippen LogP contribution is 2.22. The summed E-state index contributed by atoms with van der Waals surface area (Å²) >= 11 is 5.93. The van der Waals surface area contributed by atoms with E-state index in [1.165, 1.54) is 12.4 Å². The molecule has 130 valence electrons. The highest BCUT2D eigenvalue weighted by Gasteiger charge is 2.10. The first-order valence-electron chi connectivity index (χ1n) is 7.43. The lowest BCUT2D eigenvalue weighted by Crippen LogP contribution is -2.26. The van der Waals surface area contributed by atoms with Gasteiger partial charge in [-0.3, -0.25) is 0 Å². The molecule has 0 amide bonds. The zero-order valence-corrected chi connectivity index (χ0v) is 13.7. The van der Waals surface area contributed by atoms with Crippen LogP contribution in [0, 0.1) is 11.6 Å². The first-order valence-corrected chi connectivity index (χ1v) is 7.81. The van der Waals surface area contributed by atoms with Gasteiger partial charge in [-0.25, -0.2) is 18.7 Å². The van der Waals surface area contributed by atoms with Gasteiger partial charge in [0.05, 0.1) is 5.52 Å². The molecule has 3 aromatic rings. The van der Waals surface area contributed by atoms with Gasteiger partial charge in [-0.15, -0.1) is 0 Å². The molecule has 1 heterocycles. The minimum absolute atomic E-state index is 0.0904. The second-order valence-electron chi connectivity index (χ2n) is 5.31. The van der Waals surface area contributed by atoms with Gasteiger partial charge in [0, 0.05) is 23.0 Å². The molecule has 1 atom stereocenters. The minimum atomic E-state index is -1.00. The van der Waals surface area contributed by atoms with E-state index in [1.54, 1.807) is 18.2 Å². The number of aliphatic hydroxyl groups excluding tert-OH is 1. The van der Waals surface area contributed by atoms with Crippen LogP contribution in [0.4, 0.5) is 14.6 Å². The van der Waals surface area contributed by atoms with Crippen LogP contribution in [0.3, 0.4) is 0 Å². The summed E-state index contributed by atoms with van der Waals surface area (Å²) in [6.07, 6.45) is 0.510. The summed E-state index contributed by atoms with van der Waals surface area (Å²) in [5.41, 5.74) is 0.678. The average Bonchev–Trinajstić information content (AvgIpc) is 2.60. The number of halogens is 3. The summed E-state index contributed by atoms with van der Waals surface area (Å²) in [5, 5.41) is 14.3. The molecule has 3 rings (SSSR count). The Bertz CT molecular complexity index is 895. The van der Waals surface area contributed by atoms with Gasteiger partial charge in [-0.1, -0.05) is 11.6 Å². The van der Waals surface area contributed by atoms with E-state index in [4.69, 9.17) is 16.3 Å². The van der Waals surface area contributed by atoms with E-state index in [9.17, 15) is 13.9 Å². The lowest BCUT2D eigenvalue weighted by Gasteiger charge is -2.14. The predicted octanol–water partition coefficient (Wildman–Crippen LogP) is 3.41. The second-order valence-corrected chi connectivity index (χ2v) is 5.74. The highest BCUT2D eigenvalue weighted by atomic mass is 35.5. The van der Waals surface area contributed by atoms with E-state index in [2.05, 4.69) is 15.3 Å². The van der Waals surface area contributed by atoms with Crippen molar-refractivity contribution >= 4 is 28.3 Å². The number of benzene rings is 2. The van der Waals surface area contributed by atoms with Crippen LogP contribution in [-0.2, 0) is 0 Å². The Balaban J connectivity index is 1.59. The first kappa shape index (κ1) is 17.3. The Kier molecular flexibility index (Phi) is 5.25. The molecule has 0 saturated heterocycles. The number of hydrogen-bond acceptors (Lipinski definition) is 5. The molecule has 0 radical (unpaired) electrons. The number of hydrogen-bond donors (Lipinski definition) is 2. The average molecular weight is 366 g/mol. The molecule has 1 unspecified atom stereocenters. The molecule has 1 aromatic heterocycles. The van der Waals surface area contributed by atoms with E-state index in [1.807, 2.05) is 0 Å². The SMILES string of the molecule is OC(CNc1ncnc2cc(Cl)ccc12)COc1ccc(F)c(F)c1. The molecule has 0 aliphatic rings. The van der Waals surface area contributed by atoms with Crippen LogP contribution in [0.25, 0.3) is 10.9 Å². The fourth-order valence-corrected chi connectivity index (χ4v) is 2.37. The molecule has 0 bridgehead atoms. The van der Waals surface area contributed by atoms with E-state index in [0.29, 0.717) is 16.4 Å². The fourth-order valence-electron chi connectivity index (χ4n) is 2.20. The Labute approximate surface area is 147 Å². The number of rotatable bonds is 6. The van der Waals surface area contributed by atoms with Crippen molar-refractivity contribution in [2.24, 2.45) is 0 Å². The molecule has 25 heavy (non-hydrogen) atoms. The largest absolute Gasteiger partial charge is 0.491 e. The Morgan fingerprint density at radius 1 is 1.12 bits per heavy atom. The fraction of sp³-hybridized carbons (Fsp3) is 0.176. The topological polar surface area (TPSA) is 67.3 Å². The summed E-state index contributed by atoms with van der Waals surface area (Å²) in [5.74, 6) is -1.27. The zero-order chi connectivity index (χ0) is 17.8. The summed E-state index contributed by atoms with van der Waals surface area (Å²) in [6, 6.07) is 8.41. The van der Waals surface area contributed by atoms with Crippen LogP contribution in [0.2, 0.25) is 5.02 Å². The molecule has 0 saturated carbocycles. The molecule has 0 aliphatic heterocycles. The molecule has 8 heteroatoms. The van der Waals surface area contributed by atoms with Gasteiger partial charge in [0.2, 0.25) is 0 Å². The maximum absolute atomic E-state index is 13.1. The van der Waals surface area contributed by atoms with Gasteiger partial charge in [0.15, 0.2) is 11.6 Å². The van der Waals surface area contributed by atoms with Crippen molar-refractivity contribution in [3.05, 3.63) is 59.4 Å². The second kappa shape index (κ2) is 7.58. The van der Waals surface area contributed by atoms with Crippen molar-refractivity contribution in [1.82, 2.24) is 9.97 Å². The Morgan fingerprint density at radius 2 is 1.96 bits per heavy atom. The monoisotopic (exact) mass is 365 g/mol. The standard InChI is InChI=1S/C17H14ClF2N3O2/c18-10-1-3-13-16(5-10)22-9-23-17(13)21-7-11(24)8-25-12-2-4-14(19)15(20)6-12/h1-6,9,11,24H,7-8H2,(H,21,22,23). The number of fused-ring (bicyclic) bond motifs is 1. The van der Waals surface area contributed by atoms with Crippen LogP contribution >= 0.6 is 11.6 Å². The van der Waals surface area contributed by atoms with E-state index in [0.717, 1.165) is 17.5 Å². The number of aliphatic hydroxyl groups is 1. The zero-order valence-electron chi connectivity index (χ0n) is 12.9. The lowest BCUT2D eigenvalue weighted by molar-refractivity contribution is 0.117. The summed E-state index contributed by atoms with van der Waals surface area (Å²) in [7, 11) is 0. The molecule has 5 nitrogen and oxygen atoms in total.